The van der Waals surface area contributed by atoms with E-state index in [1.807, 2.05) is 33.3 Å². The highest BCUT2D eigenvalue weighted by Crippen LogP contribution is 2.43. The Bertz CT molecular complexity index is 1140. The molecule has 0 aromatic heterocycles. The third kappa shape index (κ3) is 41.3. The lowest BCUT2D eigenvalue weighted by atomic mass is 10.0. The van der Waals surface area contributed by atoms with Crippen LogP contribution in [0.2, 0.25) is 0 Å². The zero-order valence-electron chi connectivity index (χ0n) is 36.3. The lowest BCUT2D eigenvalue weighted by molar-refractivity contribution is -0.870. The standard InChI is InChI=1S/C46H82NO8P/c1-6-8-10-12-14-16-18-20-21-22-23-24-25-27-28-30-32-34-36-38-45(48)52-42-44(43-54-56(50,51)53-41-40-47(3,4)5)55-46(49)39-37-35-33-31-29-26-19-17-15-13-11-9-7-2/h14,16,20-21,23-24,27-28,32,34,44H,6-13,15,17-19,22,25-26,29-31,33,35-43H2,1-5H3/p+1/b16-14-,21-20-,24-23-,28-27-,34-32-/t44-/m1/s1. The molecule has 0 aliphatic rings. The molecule has 0 saturated heterocycles. The van der Waals surface area contributed by atoms with E-state index in [1.165, 1.54) is 83.5 Å². The number of phosphoric acid groups is 1. The van der Waals surface area contributed by atoms with Crippen molar-refractivity contribution < 1.29 is 42.1 Å². The Morgan fingerprint density at radius 2 is 1.00 bits per heavy atom. The van der Waals surface area contributed by atoms with Crippen LogP contribution in [0.1, 0.15) is 168 Å². The Hall–Kier alpha value is -2.29. The molecule has 0 aliphatic heterocycles. The molecule has 0 spiro atoms. The molecule has 0 saturated carbocycles. The summed E-state index contributed by atoms with van der Waals surface area (Å²) in [5.41, 5.74) is 0. The van der Waals surface area contributed by atoms with Crippen molar-refractivity contribution >= 4 is 19.8 Å². The monoisotopic (exact) mass is 809 g/mol. The second-order valence-electron chi connectivity index (χ2n) is 15.7. The Morgan fingerprint density at radius 3 is 1.50 bits per heavy atom. The van der Waals surface area contributed by atoms with Gasteiger partial charge in [0, 0.05) is 12.8 Å². The van der Waals surface area contributed by atoms with E-state index in [2.05, 4.69) is 62.5 Å². The van der Waals surface area contributed by atoms with Crippen molar-refractivity contribution in [3.05, 3.63) is 60.8 Å². The SMILES string of the molecule is CCCCC/C=C\C/C=C\C/C=C\C/C=C\C/C=C\CCC(=O)OC[C@H](COP(=O)(O)OCC[N+](C)(C)C)OC(=O)CCCCCCCCCCCCCCC. The van der Waals surface area contributed by atoms with Crippen LogP contribution in [0.5, 0.6) is 0 Å². The molecule has 0 fully saturated rings. The maximum Gasteiger partial charge on any atom is 0.472 e. The Balaban J connectivity index is 4.48. The van der Waals surface area contributed by atoms with E-state index in [0.29, 0.717) is 23.9 Å². The van der Waals surface area contributed by atoms with Gasteiger partial charge in [-0.05, 0) is 51.4 Å². The summed E-state index contributed by atoms with van der Waals surface area (Å²) in [6, 6.07) is 0. The average molecular weight is 809 g/mol. The number of ether oxygens (including phenoxy) is 2. The minimum Gasteiger partial charge on any atom is -0.462 e. The van der Waals surface area contributed by atoms with E-state index in [4.69, 9.17) is 18.5 Å². The zero-order chi connectivity index (χ0) is 41.4. The normalized spacial score (nSPS) is 14.2. The van der Waals surface area contributed by atoms with Crippen LogP contribution in [0.15, 0.2) is 60.8 Å². The van der Waals surface area contributed by atoms with Gasteiger partial charge in [0.1, 0.15) is 19.8 Å². The van der Waals surface area contributed by atoms with Crippen LogP contribution >= 0.6 is 7.82 Å². The van der Waals surface area contributed by atoms with Crippen molar-refractivity contribution in [2.75, 3.05) is 47.5 Å². The molecular formula is C46H83NO8P+. The molecule has 0 aliphatic carbocycles. The summed E-state index contributed by atoms with van der Waals surface area (Å²) in [4.78, 5) is 35.3. The molecule has 0 rings (SSSR count). The minimum absolute atomic E-state index is 0.0195. The number of rotatable bonds is 39. The number of hydrogen-bond donors (Lipinski definition) is 1. The first-order valence-electron chi connectivity index (χ1n) is 22.0. The van der Waals surface area contributed by atoms with E-state index < -0.39 is 32.5 Å². The van der Waals surface area contributed by atoms with Gasteiger partial charge in [0.2, 0.25) is 0 Å². The minimum atomic E-state index is -4.39. The number of allylic oxidation sites excluding steroid dienone is 10. The lowest BCUT2D eigenvalue weighted by Crippen LogP contribution is -2.37. The van der Waals surface area contributed by atoms with Gasteiger partial charge in [-0.3, -0.25) is 18.6 Å². The van der Waals surface area contributed by atoms with E-state index in [0.717, 1.165) is 44.9 Å². The molecule has 0 radical (unpaired) electrons. The second-order valence-corrected chi connectivity index (χ2v) is 17.2. The molecule has 1 unspecified atom stereocenters. The fraction of sp³-hybridized carbons (Fsp3) is 0.739. The van der Waals surface area contributed by atoms with Gasteiger partial charge in [0.05, 0.1) is 27.7 Å². The van der Waals surface area contributed by atoms with Crippen LogP contribution in [0, 0.1) is 0 Å². The van der Waals surface area contributed by atoms with Crippen molar-refractivity contribution in [1.29, 1.82) is 0 Å². The maximum absolute atomic E-state index is 12.7. The number of phosphoric ester groups is 1. The van der Waals surface area contributed by atoms with E-state index in [-0.39, 0.29) is 26.1 Å². The lowest BCUT2D eigenvalue weighted by Gasteiger charge is -2.24. The van der Waals surface area contributed by atoms with E-state index in [9.17, 15) is 19.0 Å². The Morgan fingerprint density at radius 1 is 0.554 bits per heavy atom. The predicted octanol–water partition coefficient (Wildman–Crippen LogP) is 12.5. The summed E-state index contributed by atoms with van der Waals surface area (Å²) in [5.74, 6) is -0.896. The van der Waals surface area contributed by atoms with Crippen LogP contribution in [0.3, 0.4) is 0 Å². The van der Waals surface area contributed by atoms with Gasteiger partial charge in [-0.15, -0.1) is 0 Å². The number of quaternary nitrogens is 1. The first-order valence-corrected chi connectivity index (χ1v) is 23.5. The number of likely N-dealkylation sites (N-methyl/N-ethyl adjacent to an activating group) is 1. The molecule has 0 bridgehead atoms. The van der Waals surface area contributed by atoms with Gasteiger partial charge >= 0.3 is 19.8 Å². The fourth-order valence-electron chi connectivity index (χ4n) is 5.58. The number of carbonyl (C=O) groups excluding carboxylic acids is 2. The largest absolute Gasteiger partial charge is 0.472 e. The molecule has 0 heterocycles. The zero-order valence-corrected chi connectivity index (χ0v) is 37.2. The van der Waals surface area contributed by atoms with Gasteiger partial charge in [0.25, 0.3) is 0 Å². The van der Waals surface area contributed by atoms with E-state index in [1.54, 1.807) is 0 Å². The summed E-state index contributed by atoms with van der Waals surface area (Å²) in [6.45, 7) is 4.30. The highest BCUT2D eigenvalue weighted by atomic mass is 31.2. The summed E-state index contributed by atoms with van der Waals surface area (Å²) in [6.07, 6.45) is 45.7. The molecule has 0 aromatic carbocycles. The summed E-state index contributed by atoms with van der Waals surface area (Å²) in [7, 11) is 1.43. The van der Waals surface area contributed by atoms with Gasteiger partial charge in [-0.25, -0.2) is 4.57 Å². The number of esters is 2. The molecule has 2 atom stereocenters. The van der Waals surface area contributed by atoms with Crippen molar-refractivity contribution in [3.8, 4) is 0 Å². The van der Waals surface area contributed by atoms with Crippen LogP contribution in [-0.4, -0.2) is 74.9 Å². The molecule has 324 valence electrons. The number of unbranched alkanes of at least 4 members (excludes halogenated alkanes) is 15. The Labute approximate surface area is 343 Å². The van der Waals surface area contributed by atoms with Crippen LogP contribution < -0.4 is 0 Å². The van der Waals surface area contributed by atoms with Gasteiger partial charge < -0.3 is 18.9 Å². The second kappa shape index (κ2) is 38.2. The first kappa shape index (κ1) is 53.7. The molecule has 56 heavy (non-hydrogen) atoms. The fourth-order valence-corrected chi connectivity index (χ4v) is 6.33. The van der Waals surface area contributed by atoms with Crippen molar-refractivity contribution in [3.63, 3.8) is 0 Å². The van der Waals surface area contributed by atoms with Crippen LogP contribution in [-0.2, 0) is 32.7 Å². The molecular weight excluding hydrogens is 725 g/mol. The van der Waals surface area contributed by atoms with Crippen LogP contribution in [0.25, 0.3) is 0 Å². The smallest absolute Gasteiger partial charge is 0.462 e. The van der Waals surface area contributed by atoms with Gasteiger partial charge in [-0.1, -0.05) is 164 Å². The maximum atomic E-state index is 12.7. The van der Waals surface area contributed by atoms with Crippen LogP contribution in [0.4, 0.5) is 0 Å². The Kier molecular flexibility index (Phi) is 36.7. The summed E-state index contributed by atoms with van der Waals surface area (Å²) in [5, 5.41) is 0. The molecule has 0 amide bonds. The molecule has 10 heteroatoms. The number of carbonyl (C=O) groups is 2. The number of nitrogens with zero attached hydrogens (tertiary/aromatic N) is 1. The number of hydrogen-bond acceptors (Lipinski definition) is 7. The predicted molar refractivity (Wildman–Crippen MR) is 233 cm³/mol. The third-order valence-electron chi connectivity index (χ3n) is 9.06. The molecule has 1 N–H and O–H groups in total. The van der Waals surface area contributed by atoms with Crippen molar-refractivity contribution in [2.24, 2.45) is 0 Å². The van der Waals surface area contributed by atoms with Gasteiger partial charge in [-0.2, -0.15) is 0 Å². The molecule has 0 aromatic rings. The van der Waals surface area contributed by atoms with Crippen molar-refractivity contribution in [2.45, 2.75) is 174 Å². The summed E-state index contributed by atoms with van der Waals surface area (Å²) < 4.78 is 34.2. The quantitative estimate of drug-likeness (QED) is 0.0215. The molecule has 9 nitrogen and oxygen atoms in total. The van der Waals surface area contributed by atoms with E-state index >= 15 is 0 Å². The first-order chi connectivity index (χ1) is 27.0. The topological polar surface area (TPSA) is 108 Å². The highest BCUT2D eigenvalue weighted by Gasteiger charge is 2.27. The third-order valence-corrected chi connectivity index (χ3v) is 10.0. The van der Waals surface area contributed by atoms with Crippen molar-refractivity contribution in [1.82, 2.24) is 0 Å². The average Bonchev–Trinajstić information content (AvgIpc) is 3.15. The van der Waals surface area contributed by atoms with Gasteiger partial charge in [0.15, 0.2) is 6.10 Å². The summed E-state index contributed by atoms with van der Waals surface area (Å²) >= 11 is 0. The highest BCUT2D eigenvalue weighted by molar-refractivity contribution is 7.47.